The van der Waals surface area contributed by atoms with Crippen molar-refractivity contribution in [3.63, 3.8) is 0 Å². The Morgan fingerprint density at radius 2 is 2.00 bits per heavy atom. The second-order valence-electron chi connectivity index (χ2n) is 10.4. The number of ether oxygens (including phenoxy) is 2. The number of hydrogen-bond acceptors (Lipinski definition) is 7. The number of halogens is 1. The Kier molecular flexibility index (Phi) is 7.21. The van der Waals surface area contributed by atoms with Gasteiger partial charge in [0.15, 0.2) is 5.13 Å². The van der Waals surface area contributed by atoms with E-state index in [-0.39, 0.29) is 22.6 Å². The Balaban J connectivity index is 1.47. The van der Waals surface area contributed by atoms with E-state index in [1.165, 1.54) is 23.1 Å². The van der Waals surface area contributed by atoms with E-state index >= 15 is 0 Å². The minimum absolute atomic E-state index is 0.0110. The zero-order valence-electron chi connectivity index (χ0n) is 22.7. The first kappa shape index (κ1) is 27.0. The van der Waals surface area contributed by atoms with Gasteiger partial charge in [0.05, 0.1) is 28.4 Å². The average molecular weight is 573 g/mol. The molecule has 1 N–H and O–H groups in total. The number of rotatable bonds is 8. The van der Waals surface area contributed by atoms with E-state index in [9.17, 15) is 19.1 Å². The van der Waals surface area contributed by atoms with Gasteiger partial charge < -0.3 is 14.6 Å². The maximum atomic E-state index is 14.0. The van der Waals surface area contributed by atoms with Gasteiger partial charge in [-0.2, -0.15) is 0 Å². The van der Waals surface area contributed by atoms with Crippen LogP contribution < -0.4 is 14.4 Å². The summed E-state index contributed by atoms with van der Waals surface area (Å²) in [6.45, 7) is 4.62. The summed E-state index contributed by atoms with van der Waals surface area (Å²) in [4.78, 5) is 33.1. The highest BCUT2D eigenvalue weighted by atomic mass is 32.1. The molecule has 7 nitrogen and oxygen atoms in total. The number of aliphatic hydroxyl groups excluding tert-OH is 1. The van der Waals surface area contributed by atoms with Gasteiger partial charge >= 0.3 is 5.91 Å². The van der Waals surface area contributed by atoms with Gasteiger partial charge in [-0.1, -0.05) is 43.2 Å². The number of carbonyl (C=O) groups is 2. The lowest BCUT2D eigenvalue weighted by atomic mass is 9.94. The van der Waals surface area contributed by atoms with Crippen LogP contribution in [0.2, 0.25) is 0 Å². The Morgan fingerprint density at radius 1 is 1.15 bits per heavy atom. The Bertz CT molecular complexity index is 1700. The monoisotopic (exact) mass is 572 g/mol. The van der Waals surface area contributed by atoms with Crippen molar-refractivity contribution in [3.8, 4) is 11.5 Å². The SMILES string of the molecule is CCCCCOc1cccc(C2/C(=C(\O)c3ccc4c(c3)CC(C)O4)C(=O)C(=O)N2c2nc3ccc(F)cc3s2)c1. The summed E-state index contributed by atoms with van der Waals surface area (Å²) in [5.74, 6) is -1.01. The highest BCUT2D eigenvalue weighted by Gasteiger charge is 2.48. The van der Waals surface area contributed by atoms with Crippen molar-refractivity contribution in [1.82, 2.24) is 4.98 Å². The van der Waals surface area contributed by atoms with Crippen molar-refractivity contribution in [3.05, 3.63) is 88.7 Å². The van der Waals surface area contributed by atoms with Crippen molar-refractivity contribution in [2.45, 2.75) is 51.7 Å². The zero-order valence-corrected chi connectivity index (χ0v) is 23.5. The summed E-state index contributed by atoms with van der Waals surface area (Å²) in [5.41, 5.74) is 2.39. The number of thiazole rings is 1. The molecule has 210 valence electrons. The molecule has 4 aromatic rings. The fourth-order valence-corrected chi connectivity index (χ4v) is 6.39. The lowest BCUT2D eigenvalue weighted by Crippen LogP contribution is -2.29. The zero-order chi connectivity index (χ0) is 28.7. The fourth-order valence-electron chi connectivity index (χ4n) is 5.38. The third kappa shape index (κ3) is 5.06. The summed E-state index contributed by atoms with van der Waals surface area (Å²) in [7, 11) is 0. The highest BCUT2D eigenvalue weighted by Crippen LogP contribution is 2.45. The van der Waals surface area contributed by atoms with Crippen LogP contribution in [0, 0.1) is 5.82 Å². The quantitative estimate of drug-likeness (QED) is 0.106. The van der Waals surface area contributed by atoms with E-state index in [1.807, 2.05) is 13.0 Å². The first-order chi connectivity index (χ1) is 19.8. The highest BCUT2D eigenvalue weighted by molar-refractivity contribution is 7.22. The molecular formula is C32H29FN2O5S. The van der Waals surface area contributed by atoms with Crippen LogP contribution in [-0.2, 0) is 16.0 Å². The van der Waals surface area contributed by atoms with Crippen molar-refractivity contribution in [2.24, 2.45) is 0 Å². The molecule has 0 spiro atoms. The number of benzene rings is 3. The van der Waals surface area contributed by atoms with Crippen molar-refractivity contribution < 1.29 is 28.6 Å². The molecule has 2 atom stereocenters. The minimum Gasteiger partial charge on any atom is -0.507 e. The standard InChI is InChI=1S/C32H29FN2O5S/c1-3-4-5-13-39-23-8-6-7-19(16-23)28-27(29(36)20-9-12-25-21(15-20)14-18(2)40-25)30(37)31(38)35(28)32-34-24-11-10-22(33)17-26(24)41-32/h6-12,15-18,28,36H,3-5,13-14H2,1-2H3/b29-27+. The molecule has 0 aliphatic carbocycles. The van der Waals surface area contributed by atoms with Crippen molar-refractivity contribution in [2.75, 3.05) is 11.5 Å². The van der Waals surface area contributed by atoms with Crippen LogP contribution in [-0.4, -0.2) is 34.5 Å². The summed E-state index contributed by atoms with van der Waals surface area (Å²) < 4.78 is 26.3. The summed E-state index contributed by atoms with van der Waals surface area (Å²) in [5, 5.41) is 11.8. The molecule has 3 aromatic carbocycles. The van der Waals surface area contributed by atoms with Gasteiger partial charge in [0.1, 0.15) is 29.2 Å². The molecule has 2 aliphatic heterocycles. The van der Waals surface area contributed by atoms with Gasteiger partial charge in [-0.15, -0.1) is 0 Å². The third-order valence-corrected chi connectivity index (χ3v) is 8.37. The smallest absolute Gasteiger partial charge is 0.301 e. The van der Waals surface area contributed by atoms with E-state index in [0.29, 0.717) is 40.1 Å². The van der Waals surface area contributed by atoms with Gasteiger partial charge in [-0.25, -0.2) is 9.37 Å². The van der Waals surface area contributed by atoms with E-state index < -0.39 is 23.5 Å². The number of aliphatic hydroxyl groups is 1. The molecule has 1 saturated heterocycles. The number of hydrogen-bond donors (Lipinski definition) is 1. The van der Waals surface area contributed by atoms with Crippen LogP contribution in [0.15, 0.2) is 66.2 Å². The summed E-state index contributed by atoms with van der Waals surface area (Å²) in [6.07, 6.45) is 3.70. The topological polar surface area (TPSA) is 89.0 Å². The predicted octanol–water partition coefficient (Wildman–Crippen LogP) is 6.95. The molecule has 0 saturated carbocycles. The van der Waals surface area contributed by atoms with Gasteiger partial charge in [-0.05, 0) is 73.0 Å². The van der Waals surface area contributed by atoms with Crippen LogP contribution >= 0.6 is 11.3 Å². The Morgan fingerprint density at radius 3 is 2.83 bits per heavy atom. The number of fused-ring (bicyclic) bond motifs is 2. The largest absolute Gasteiger partial charge is 0.507 e. The van der Waals surface area contributed by atoms with Crippen LogP contribution in [0.25, 0.3) is 16.0 Å². The molecule has 6 rings (SSSR count). The van der Waals surface area contributed by atoms with Crippen molar-refractivity contribution >= 4 is 44.1 Å². The maximum absolute atomic E-state index is 14.0. The molecule has 41 heavy (non-hydrogen) atoms. The van der Waals surface area contributed by atoms with E-state index in [0.717, 1.165) is 41.9 Å². The number of anilines is 1. The number of aromatic nitrogens is 1. The third-order valence-electron chi connectivity index (χ3n) is 7.35. The van der Waals surface area contributed by atoms with Crippen LogP contribution in [0.3, 0.4) is 0 Å². The average Bonchev–Trinajstić information content (AvgIpc) is 3.62. The van der Waals surface area contributed by atoms with E-state index in [4.69, 9.17) is 9.47 Å². The number of ketones is 1. The molecular weight excluding hydrogens is 543 g/mol. The molecule has 2 aliphatic rings. The maximum Gasteiger partial charge on any atom is 0.301 e. The van der Waals surface area contributed by atoms with Gasteiger partial charge in [0.2, 0.25) is 0 Å². The first-order valence-electron chi connectivity index (χ1n) is 13.7. The molecule has 1 fully saturated rings. The van der Waals surface area contributed by atoms with Crippen molar-refractivity contribution in [1.29, 1.82) is 0 Å². The molecule has 9 heteroatoms. The molecule has 1 aromatic heterocycles. The lowest BCUT2D eigenvalue weighted by molar-refractivity contribution is -0.132. The van der Waals surface area contributed by atoms with Gasteiger partial charge in [0.25, 0.3) is 5.78 Å². The predicted molar refractivity (Wildman–Crippen MR) is 156 cm³/mol. The minimum atomic E-state index is -0.969. The lowest BCUT2D eigenvalue weighted by Gasteiger charge is -2.23. The fraction of sp³-hybridized carbons (Fsp3) is 0.281. The van der Waals surface area contributed by atoms with E-state index in [2.05, 4.69) is 11.9 Å². The first-order valence-corrected chi connectivity index (χ1v) is 14.6. The second kappa shape index (κ2) is 11.0. The normalized spacial score (nSPS) is 19.5. The molecule has 0 radical (unpaired) electrons. The summed E-state index contributed by atoms with van der Waals surface area (Å²) >= 11 is 1.11. The number of carbonyl (C=O) groups excluding carboxylic acids is 2. The number of amides is 1. The van der Waals surface area contributed by atoms with Crippen LogP contribution in [0.1, 0.15) is 55.8 Å². The molecule has 3 heterocycles. The van der Waals surface area contributed by atoms with Crippen LogP contribution in [0.4, 0.5) is 9.52 Å². The second-order valence-corrected chi connectivity index (χ2v) is 11.4. The van der Waals surface area contributed by atoms with E-state index in [1.54, 1.807) is 36.4 Å². The number of unbranched alkanes of at least 4 members (excludes halogenated alkanes) is 2. The Labute approximate surface area is 240 Å². The van der Waals surface area contributed by atoms with Gasteiger partial charge in [-0.3, -0.25) is 14.5 Å². The van der Waals surface area contributed by atoms with Crippen LogP contribution in [0.5, 0.6) is 11.5 Å². The number of nitrogens with zero attached hydrogens (tertiary/aromatic N) is 2. The molecule has 2 unspecified atom stereocenters. The molecule has 0 bridgehead atoms. The molecule has 1 amide bonds. The Hall–Kier alpha value is -4.24. The number of Topliss-reactive ketones (excluding diaryl/α,β-unsaturated/α-hetero) is 1. The summed E-state index contributed by atoms with van der Waals surface area (Å²) in [6, 6.07) is 15.7. The van der Waals surface area contributed by atoms with Gasteiger partial charge in [0, 0.05) is 12.0 Å².